The molecule has 0 unspecified atom stereocenters. The standard InChI is InChI=1S/C11H11NO5S/c1-8(13)18-7-6-11(14)17-10-4-2-9(3-5-10)12(15)16/h2-5H,6-7H2,1H3. The van der Waals surface area contributed by atoms with Crippen LogP contribution in [0.2, 0.25) is 0 Å². The van der Waals surface area contributed by atoms with Crippen LogP contribution >= 0.6 is 11.8 Å². The van der Waals surface area contributed by atoms with Crippen molar-refractivity contribution >= 4 is 28.5 Å². The second-order valence-electron chi connectivity index (χ2n) is 3.32. The number of carbonyl (C=O) groups excluding carboxylic acids is 2. The first-order chi connectivity index (χ1) is 8.49. The molecule has 0 amide bonds. The van der Waals surface area contributed by atoms with Crippen molar-refractivity contribution in [3.8, 4) is 5.75 Å². The second kappa shape index (κ2) is 6.75. The third-order valence-corrected chi connectivity index (χ3v) is 2.71. The summed E-state index contributed by atoms with van der Waals surface area (Å²) in [5, 5.41) is 10.3. The number of hydrogen-bond acceptors (Lipinski definition) is 6. The van der Waals surface area contributed by atoms with Gasteiger partial charge in [0.25, 0.3) is 5.69 Å². The van der Waals surface area contributed by atoms with E-state index >= 15 is 0 Å². The van der Waals surface area contributed by atoms with Crippen LogP contribution in [0.25, 0.3) is 0 Å². The molecule has 0 spiro atoms. The minimum atomic E-state index is -0.533. The molecule has 0 N–H and O–H groups in total. The predicted octanol–water partition coefficient (Wildman–Crippen LogP) is 2.17. The molecule has 0 aliphatic carbocycles. The highest BCUT2D eigenvalue weighted by Crippen LogP contribution is 2.18. The summed E-state index contributed by atoms with van der Waals surface area (Å²) in [5.74, 6) is 0.136. The lowest BCUT2D eigenvalue weighted by molar-refractivity contribution is -0.384. The SMILES string of the molecule is CC(=O)SCCC(=O)Oc1ccc([N+](=O)[O-])cc1. The van der Waals surface area contributed by atoms with E-state index in [1.165, 1.54) is 31.2 Å². The molecule has 0 aliphatic heterocycles. The van der Waals surface area contributed by atoms with E-state index in [-0.39, 0.29) is 23.0 Å². The number of hydrogen-bond donors (Lipinski definition) is 0. The zero-order chi connectivity index (χ0) is 13.5. The van der Waals surface area contributed by atoms with Crippen molar-refractivity contribution in [2.45, 2.75) is 13.3 Å². The number of ether oxygens (including phenoxy) is 1. The van der Waals surface area contributed by atoms with E-state index in [1.54, 1.807) is 0 Å². The maximum absolute atomic E-state index is 11.3. The summed E-state index contributed by atoms with van der Waals surface area (Å²) in [5.41, 5.74) is -0.0677. The molecule has 0 aliphatic rings. The normalized spacial score (nSPS) is 9.83. The highest BCUT2D eigenvalue weighted by Gasteiger charge is 2.08. The Morgan fingerprint density at radius 1 is 1.33 bits per heavy atom. The number of thioether (sulfide) groups is 1. The van der Waals surface area contributed by atoms with Gasteiger partial charge in [0.15, 0.2) is 5.12 Å². The van der Waals surface area contributed by atoms with Gasteiger partial charge in [0.05, 0.1) is 11.3 Å². The van der Waals surface area contributed by atoms with E-state index in [1.807, 2.05) is 0 Å². The molecule has 0 saturated heterocycles. The van der Waals surface area contributed by atoms with Crippen LogP contribution in [0.15, 0.2) is 24.3 Å². The van der Waals surface area contributed by atoms with Crippen molar-refractivity contribution in [2.75, 3.05) is 5.75 Å². The van der Waals surface area contributed by atoms with Crippen molar-refractivity contribution in [1.29, 1.82) is 0 Å². The van der Waals surface area contributed by atoms with E-state index in [0.717, 1.165) is 11.8 Å². The number of non-ortho nitro benzene ring substituents is 1. The van der Waals surface area contributed by atoms with Crippen molar-refractivity contribution in [2.24, 2.45) is 0 Å². The van der Waals surface area contributed by atoms with Crippen molar-refractivity contribution in [3.05, 3.63) is 34.4 Å². The fourth-order valence-corrected chi connectivity index (χ4v) is 1.65. The smallest absolute Gasteiger partial charge is 0.312 e. The van der Waals surface area contributed by atoms with Crippen molar-refractivity contribution in [3.63, 3.8) is 0 Å². The lowest BCUT2D eigenvalue weighted by Crippen LogP contribution is -2.09. The van der Waals surface area contributed by atoms with E-state index in [2.05, 4.69) is 0 Å². The molecule has 7 heteroatoms. The van der Waals surface area contributed by atoms with Crippen LogP contribution in [-0.4, -0.2) is 21.8 Å². The van der Waals surface area contributed by atoms with Gasteiger partial charge in [-0.25, -0.2) is 0 Å². The van der Waals surface area contributed by atoms with Crippen LogP contribution in [0.5, 0.6) is 5.75 Å². The van der Waals surface area contributed by atoms with Crippen molar-refractivity contribution < 1.29 is 19.2 Å². The number of carbonyl (C=O) groups is 2. The van der Waals surface area contributed by atoms with Gasteiger partial charge in [-0.2, -0.15) is 0 Å². The first kappa shape index (κ1) is 14.2. The van der Waals surface area contributed by atoms with E-state index in [0.29, 0.717) is 5.75 Å². The van der Waals surface area contributed by atoms with E-state index in [9.17, 15) is 19.7 Å². The molecule has 0 atom stereocenters. The van der Waals surface area contributed by atoms with E-state index < -0.39 is 10.9 Å². The molecule has 0 bridgehead atoms. The molecule has 1 aromatic rings. The van der Waals surface area contributed by atoms with Gasteiger partial charge in [-0.3, -0.25) is 19.7 Å². The highest BCUT2D eigenvalue weighted by molar-refractivity contribution is 8.13. The van der Waals surface area contributed by atoms with Gasteiger partial charge < -0.3 is 4.74 Å². The first-order valence-electron chi connectivity index (χ1n) is 5.07. The zero-order valence-corrected chi connectivity index (χ0v) is 10.4. The van der Waals surface area contributed by atoms with Gasteiger partial charge in [0.1, 0.15) is 5.75 Å². The third-order valence-electron chi connectivity index (χ3n) is 1.89. The van der Waals surface area contributed by atoms with Crippen LogP contribution in [0.4, 0.5) is 5.69 Å². The average molecular weight is 269 g/mol. The Labute approximate surface area is 107 Å². The number of nitro groups is 1. The average Bonchev–Trinajstić information content (AvgIpc) is 2.29. The van der Waals surface area contributed by atoms with Crippen LogP contribution in [-0.2, 0) is 9.59 Å². The van der Waals surface area contributed by atoms with Gasteiger partial charge in [0, 0.05) is 24.8 Å². The van der Waals surface area contributed by atoms with Crippen LogP contribution in [0.1, 0.15) is 13.3 Å². The number of esters is 1. The molecule has 96 valence electrons. The lowest BCUT2D eigenvalue weighted by atomic mass is 10.3. The number of nitro benzene ring substituents is 1. The second-order valence-corrected chi connectivity index (χ2v) is 4.59. The van der Waals surface area contributed by atoms with Crippen LogP contribution in [0.3, 0.4) is 0 Å². The minimum absolute atomic E-state index is 0.0573. The lowest BCUT2D eigenvalue weighted by Gasteiger charge is -2.03. The molecule has 18 heavy (non-hydrogen) atoms. The Hall–Kier alpha value is -1.89. The predicted molar refractivity (Wildman–Crippen MR) is 66.5 cm³/mol. The Kier molecular flexibility index (Phi) is 5.31. The van der Waals surface area contributed by atoms with Crippen molar-refractivity contribution in [1.82, 2.24) is 0 Å². The molecular formula is C11H11NO5S. The molecule has 0 fully saturated rings. The summed E-state index contributed by atoms with van der Waals surface area (Å²) in [6.45, 7) is 1.42. The molecule has 0 heterocycles. The topological polar surface area (TPSA) is 86.5 Å². The maximum Gasteiger partial charge on any atom is 0.312 e. The Bertz CT molecular complexity index is 457. The summed E-state index contributed by atoms with van der Waals surface area (Å²) in [6.07, 6.45) is 0.112. The van der Waals surface area contributed by atoms with Gasteiger partial charge in [-0.1, -0.05) is 11.8 Å². The quantitative estimate of drug-likeness (QED) is 0.352. The number of nitrogens with zero attached hydrogens (tertiary/aromatic N) is 1. The molecule has 1 aromatic carbocycles. The molecule has 0 saturated carbocycles. The van der Waals surface area contributed by atoms with Crippen LogP contribution in [0, 0.1) is 10.1 Å². The molecule has 0 radical (unpaired) electrons. The molecule has 1 rings (SSSR count). The third kappa shape index (κ3) is 4.96. The van der Waals surface area contributed by atoms with E-state index in [4.69, 9.17) is 4.74 Å². The Balaban J connectivity index is 2.44. The minimum Gasteiger partial charge on any atom is -0.426 e. The van der Waals surface area contributed by atoms with Gasteiger partial charge in [0.2, 0.25) is 0 Å². The number of benzene rings is 1. The fourth-order valence-electron chi connectivity index (χ4n) is 1.10. The van der Waals surface area contributed by atoms with Gasteiger partial charge in [-0.05, 0) is 12.1 Å². The summed E-state index contributed by atoms with van der Waals surface area (Å²) >= 11 is 1.05. The fraction of sp³-hybridized carbons (Fsp3) is 0.273. The van der Waals surface area contributed by atoms with Crippen LogP contribution < -0.4 is 4.74 Å². The Morgan fingerprint density at radius 3 is 2.44 bits per heavy atom. The first-order valence-corrected chi connectivity index (χ1v) is 6.06. The maximum atomic E-state index is 11.3. The highest BCUT2D eigenvalue weighted by atomic mass is 32.2. The van der Waals surface area contributed by atoms with Gasteiger partial charge >= 0.3 is 5.97 Å². The number of rotatable bonds is 5. The molecule has 0 aromatic heterocycles. The summed E-state index contributed by atoms with van der Waals surface area (Å²) < 4.78 is 4.94. The molecule has 6 nitrogen and oxygen atoms in total. The monoisotopic (exact) mass is 269 g/mol. The zero-order valence-electron chi connectivity index (χ0n) is 9.62. The summed E-state index contributed by atoms with van der Waals surface area (Å²) in [6, 6.07) is 5.22. The summed E-state index contributed by atoms with van der Waals surface area (Å²) in [4.78, 5) is 31.8. The molecular weight excluding hydrogens is 258 g/mol. The largest absolute Gasteiger partial charge is 0.426 e. The Morgan fingerprint density at radius 2 is 1.94 bits per heavy atom. The van der Waals surface area contributed by atoms with Gasteiger partial charge in [-0.15, -0.1) is 0 Å². The summed E-state index contributed by atoms with van der Waals surface area (Å²) in [7, 11) is 0.